The molecule has 7 heteroatoms. The van der Waals surface area contributed by atoms with Gasteiger partial charge in [-0.05, 0) is 48.7 Å². The summed E-state index contributed by atoms with van der Waals surface area (Å²) in [5.41, 5.74) is 0.988. The van der Waals surface area contributed by atoms with Gasteiger partial charge >= 0.3 is 0 Å². The molecular formula is C21H24ClN3O2S. The number of hydrogen-bond acceptors (Lipinski definition) is 4. The molecule has 0 bridgehead atoms. The van der Waals surface area contributed by atoms with Crippen LogP contribution in [-0.4, -0.2) is 40.5 Å². The topological polar surface area (TPSA) is 62.3 Å². The van der Waals surface area contributed by atoms with Crippen molar-refractivity contribution in [2.45, 2.75) is 30.7 Å². The van der Waals surface area contributed by atoms with Crippen LogP contribution in [0.1, 0.15) is 24.8 Å². The Labute approximate surface area is 174 Å². The third-order valence-corrected chi connectivity index (χ3v) is 6.07. The number of halogens is 1. The van der Waals surface area contributed by atoms with Crippen molar-refractivity contribution in [3.05, 3.63) is 59.4 Å². The van der Waals surface area contributed by atoms with Crippen LogP contribution in [0, 0.1) is 5.92 Å². The number of likely N-dealkylation sites (tertiary alicyclic amines) is 1. The minimum Gasteiger partial charge on any atom is -0.352 e. The molecular weight excluding hydrogens is 394 g/mol. The number of nitrogens with one attached hydrogen (secondary N) is 1. The summed E-state index contributed by atoms with van der Waals surface area (Å²) in [6.45, 7) is 1.79. The maximum Gasteiger partial charge on any atom is 0.223 e. The molecule has 0 spiro atoms. The average Bonchev–Trinajstić information content (AvgIpc) is 2.74. The van der Waals surface area contributed by atoms with Crippen LogP contribution in [-0.2, 0) is 16.1 Å². The van der Waals surface area contributed by atoms with Gasteiger partial charge in [0.25, 0.3) is 0 Å². The SMILES string of the molecule is O=C(NCc1cccnc1)C1CCN(C(=O)CCSc2ccc(Cl)cc2)CC1. The zero-order chi connectivity index (χ0) is 19.8. The fourth-order valence-corrected chi connectivity index (χ4v) is 4.14. The highest BCUT2D eigenvalue weighted by atomic mass is 35.5. The van der Waals surface area contributed by atoms with Gasteiger partial charge in [0.2, 0.25) is 11.8 Å². The van der Waals surface area contributed by atoms with Crippen LogP contribution in [0.25, 0.3) is 0 Å². The molecule has 1 saturated heterocycles. The zero-order valence-corrected chi connectivity index (χ0v) is 17.2. The molecule has 0 atom stereocenters. The van der Waals surface area contributed by atoms with Crippen molar-refractivity contribution in [3.63, 3.8) is 0 Å². The van der Waals surface area contributed by atoms with Crippen molar-refractivity contribution in [1.29, 1.82) is 0 Å². The van der Waals surface area contributed by atoms with E-state index in [2.05, 4.69) is 10.3 Å². The molecule has 0 radical (unpaired) electrons. The number of amides is 2. The number of pyridine rings is 1. The van der Waals surface area contributed by atoms with Crippen molar-refractivity contribution in [2.24, 2.45) is 5.92 Å². The normalized spacial score (nSPS) is 14.7. The highest BCUT2D eigenvalue weighted by Crippen LogP contribution is 2.22. The Hall–Kier alpha value is -2.05. The van der Waals surface area contributed by atoms with Gasteiger partial charge in [-0.3, -0.25) is 14.6 Å². The lowest BCUT2D eigenvalue weighted by Gasteiger charge is -2.31. The van der Waals surface area contributed by atoms with E-state index < -0.39 is 0 Å². The van der Waals surface area contributed by atoms with Gasteiger partial charge in [0, 0.05) is 60.0 Å². The highest BCUT2D eigenvalue weighted by molar-refractivity contribution is 7.99. The van der Waals surface area contributed by atoms with Crippen molar-refractivity contribution in [3.8, 4) is 0 Å². The summed E-state index contributed by atoms with van der Waals surface area (Å²) >= 11 is 7.54. The first-order valence-corrected chi connectivity index (χ1v) is 10.8. The van der Waals surface area contributed by atoms with Gasteiger partial charge in [-0.1, -0.05) is 17.7 Å². The molecule has 1 N–H and O–H groups in total. The van der Waals surface area contributed by atoms with Gasteiger partial charge < -0.3 is 10.2 Å². The van der Waals surface area contributed by atoms with Crippen LogP contribution in [0.2, 0.25) is 5.02 Å². The Morgan fingerprint density at radius 1 is 1.18 bits per heavy atom. The van der Waals surface area contributed by atoms with Crippen molar-refractivity contribution in [2.75, 3.05) is 18.8 Å². The van der Waals surface area contributed by atoms with Crippen LogP contribution in [0.15, 0.2) is 53.7 Å². The summed E-state index contributed by atoms with van der Waals surface area (Å²) in [5, 5.41) is 3.69. The number of rotatable bonds is 7. The summed E-state index contributed by atoms with van der Waals surface area (Å²) < 4.78 is 0. The minimum atomic E-state index is -0.0239. The van der Waals surface area contributed by atoms with E-state index in [1.807, 2.05) is 41.3 Å². The van der Waals surface area contributed by atoms with E-state index in [0.717, 1.165) is 29.1 Å². The number of aromatic nitrogens is 1. The molecule has 2 heterocycles. The lowest BCUT2D eigenvalue weighted by Crippen LogP contribution is -2.43. The Balaban J connectivity index is 1.35. The molecule has 1 fully saturated rings. The highest BCUT2D eigenvalue weighted by Gasteiger charge is 2.26. The van der Waals surface area contributed by atoms with Crippen molar-refractivity contribution < 1.29 is 9.59 Å². The molecule has 2 amide bonds. The Morgan fingerprint density at radius 3 is 2.61 bits per heavy atom. The van der Waals surface area contributed by atoms with Crippen molar-refractivity contribution in [1.82, 2.24) is 15.2 Å². The molecule has 1 aliphatic rings. The minimum absolute atomic E-state index is 0.0239. The molecule has 1 aromatic carbocycles. The molecule has 5 nitrogen and oxygen atoms in total. The van der Waals surface area contributed by atoms with E-state index in [-0.39, 0.29) is 17.7 Å². The van der Waals surface area contributed by atoms with Gasteiger partial charge in [-0.15, -0.1) is 11.8 Å². The number of piperidine rings is 1. The first kappa shape index (κ1) is 20.7. The molecule has 0 aliphatic carbocycles. The number of carbonyl (C=O) groups excluding carboxylic acids is 2. The summed E-state index contributed by atoms with van der Waals surface area (Å²) in [6, 6.07) is 11.4. The van der Waals surface area contributed by atoms with Crippen LogP contribution < -0.4 is 5.32 Å². The Bertz CT molecular complexity index is 778. The van der Waals surface area contributed by atoms with Gasteiger partial charge in [0.15, 0.2) is 0 Å². The first-order chi connectivity index (χ1) is 13.6. The van der Waals surface area contributed by atoms with E-state index in [0.29, 0.717) is 31.1 Å². The molecule has 2 aromatic rings. The van der Waals surface area contributed by atoms with Crippen LogP contribution in [0.3, 0.4) is 0 Å². The number of nitrogens with zero attached hydrogens (tertiary/aromatic N) is 2. The number of hydrogen-bond donors (Lipinski definition) is 1. The van der Waals surface area contributed by atoms with Gasteiger partial charge in [-0.2, -0.15) is 0 Å². The quantitative estimate of drug-likeness (QED) is 0.696. The second-order valence-electron chi connectivity index (χ2n) is 6.79. The summed E-state index contributed by atoms with van der Waals surface area (Å²) in [5.74, 6) is 0.945. The zero-order valence-electron chi connectivity index (χ0n) is 15.6. The van der Waals surface area contributed by atoms with E-state index in [1.165, 1.54) is 0 Å². The molecule has 28 heavy (non-hydrogen) atoms. The van der Waals surface area contributed by atoms with Gasteiger partial charge in [0.1, 0.15) is 0 Å². The third-order valence-electron chi connectivity index (χ3n) is 4.81. The summed E-state index contributed by atoms with van der Waals surface area (Å²) in [4.78, 5) is 31.8. The lowest BCUT2D eigenvalue weighted by atomic mass is 9.95. The van der Waals surface area contributed by atoms with Crippen molar-refractivity contribution >= 4 is 35.2 Å². The molecule has 0 unspecified atom stereocenters. The summed E-state index contributed by atoms with van der Waals surface area (Å²) in [7, 11) is 0. The predicted octanol–water partition coefficient (Wildman–Crippen LogP) is 3.77. The fourth-order valence-electron chi connectivity index (χ4n) is 3.17. The van der Waals surface area contributed by atoms with E-state index >= 15 is 0 Å². The van der Waals surface area contributed by atoms with Gasteiger partial charge in [-0.25, -0.2) is 0 Å². The van der Waals surface area contributed by atoms with E-state index in [9.17, 15) is 9.59 Å². The van der Waals surface area contributed by atoms with E-state index in [1.54, 1.807) is 24.2 Å². The first-order valence-electron chi connectivity index (χ1n) is 9.44. The summed E-state index contributed by atoms with van der Waals surface area (Å²) in [6.07, 6.45) is 5.41. The second-order valence-corrected chi connectivity index (χ2v) is 8.39. The standard InChI is InChI=1S/C21H24ClN3O2S/c22-18-3-5-19(6-4-18)28-13-9-20(26)25-11-7-17(8-12-25)21(27)24-15-16-2-1-10-23-14-16/h1-6,10,14,17H,7-9,11-13,15H2,(H,24,27). The van der Waals surface area contributed by atoms with Gasteiger partial charge in [0.05, 0.1) is 0 Å². The maximum atomic E-state index is 12.4. The smallest absolute Gasteiger partial charge is 0.223 e. The Morgan fingerprint density at radius 2 is 1.93 bits per heavy atom. The number of carbonyl (C=O) groups is 2. The number of benzene rings is 1. The fraction of sp³-hybridized carbons (Fsp3) is 0.381. The maximum absolute atomic E-state index is 12.4. The third kappa shape index (κ3) is 6.24. The predicted molar refractivity (Wildman–Crippen MR) is 112 cm³/mol. The lowest BCUT2D eigenvalue weighted by molar-refractivity contribution is -0.135. The monoisotopic (exact) mass is 417 g/mol. The average molecular weight is 418 g/mol. The molecule has 0 saturated carbocycles. The largest absolute Gasteiger partial charge is 0.352 e. The van der Waals surface area contributed by atoms with Crippen LogP contribution in [0.5, 0.6) is 0 Å². The molecule has 1 aromatic heterocycles. The van der Waals surface area contributed by atoms with Crippen LogP contribution in [0.4, 0.5) is 0 Å². The number of thioether (sulfide) groups is 1. The molecule has 148 valence electrons. The molecule has 3 rings (SSSR count). The Kier molecular flexibility index (Phi) is 7.74. The van der Waals surface area contributed by atoms with Crippen LogP contribution >= 0.6 is 23.4 Å². The second kappa shape index (κ2) is 10.5. The molecule has 1 aliphatic heterocycles. The van der Waals surface area contributed by atoms with E-state index in [4.69, 9.17) is 11.6 Å².